The summed E-state index contributed by atoms with van der Waals surface area (Å²) >= 11 is 0. The smallest absolute Gasteiger partial charge is 0.239 e. The molecule has 2 aromatic rings. The van der Waals surface area contributed by atoms with Gasteiger partial charge in [-0.05, 0) is 19.1 Å². The van der Waals surface area contributed by atoms with Crippen LogP contribution in [-0.2, 0) is 0 Å². The second-order valence-electron chi connectivity index (χ2n) is 4.11. The Kier molecular flexibility index (Phi) is 3.82. The van der Waals surface area contributed by atoms with E-state index in [0.29, 0.717) is 5.95 Å². The molecular formula is C13H17N5O. The van der Waals surface area contributed by atoms with E-state index in [0.717, 1.165) is 22.8 Å². The fourth-order valence-electron chi connectivity index (χ4n) is 1.78. The van der Waals surface area contributed by atoms with Crippen molar-refractivity contribution in [1.29, 1.82) is 0 Å². The Labute approximate surface area is 112 Å². The number of hydrazine groups is 1. The predicted molar refractivity (Wildman–Crippen MR) is 75.6 cm³/mol. The van der Waals surface area contributed by atoms with Crippen LogP contribution in [0.25, 0.3) is 0 Å². The molecule has 0 saturated heterocycles. The first-order valence-corrected chi connectivity index (χ1v) is 5.83. The summed E-state index contributed by atoms with van der Waals surface area (Å²) < 4.78 is 5.22. The van der Waals surface area contributed by atoms with Crippen LogP contribution < -0.4 is 20.9 Å². The van der Waals surface area contributed by atoms with Crippen LogP contribution >= 0.6 is 0 Å². The molecule has 6 nitrogen and oxygen atoms in total. The molecule has 1 heterocycles. The maximum atomic E-state index is 5.34. The lowest BCUT2D eigenvalue weighted by Crippen LogP contribution is -2.16. The Morgan fingerprint density at radius 1 is 1.37 bits per heavy atom. The number of rotatable bonds is 4. The van der Waals surface area contributed by atoms with Crippen molar-refractivity contribution in [2.75, 3.05) is 24.5 Å². The van der Waals surface area contributed by atoms with Crippen LogP contribution in [0, 0.1) is 6.92 Å². The van der Waals surface area contributed by atoms with Gasteiger partial charge in [-0.25, -0.2) is 10.8 Å². The summed E-state index contributed by atoms with van der Waals surface area (Å²) in [5.41, 5.74) is 4.39. The number of nitrogens with one attached hydrogen (secondary N) is 1. The van der Waals surface area contributed by atoms with E-state index < -0.39 is 0 Å². The van der Waals surface area contributed by atoms with Gasteiger partial charge >= 0.3 is 0 Å². The molecule has 0 aliphatic carbocycles. The highest BCUT2D eigenvalue weighted by molar-refractivity contribution is 5.64. The van der Waals surface area contributed by atoms with Crippen LogP contribution in [0.1, 0.15) is 5.56 Å². The zero-order valence-electron chi connectivity index (χ0n) is 11.2. The molecule has 0 aliphatic rings. The molecule has 6 heteroatoms. The quantitative estimate of drug-likeness (QED) is 0.644. The number of aromatic nitrogens is 2. The Bertz CT molecular complexity index is 573. The molecule has 1 aromatic carbocycles. The summed E-state index contributed by atoms with van der Waals surface area (Å²) in [7, 11) is 3.58. The average Bonchev–Trinajstić information content (AvgIpc) is 2.47. The number of nitrogens with zero attached hydrogens (tertiary/aromatic N) is 3. The van der Waals surface area contributed by atoms with Gasteiger partial charge < -0.3 is 9.64 Å². The molecular weight excluding hydrogens is 242 g/mol. The third-order valence-corrected chi connectivity index (χ3v) is 2.83. The lowest BCUT2D eigenvalue weighted by Gasteiger charge is -2.21. The van der Waals surface area contributed by atoms with Crippen molar-refractivity contribution < 1.29 is 4.74 Å². The van der Waals surface area contributed by atoms with Crippen LogP contribution in [-0.4, -0.2) is 24.1 Å². The number of hydrogen-bond acceptors (Lipinski definition) is 6. The van der Waals surface area contributed by atoms with Crippen LogP contribution in [0.15, 0.2) is 30.5 Å². The van der Waals surface area contributed by atoms with Crippen LogP contribution in [0.4, 0.5) is 17.5 Å². The molecule has 0 unspecified atom stereocenters. The maximum Gasteiger partial charge on any atom is 0.239 e. The molecule has 0 radical (unpaired) electrons. The van der Waals surface area contributed by atoms with E-state index in [-0.39, 0.29) is 0 Å². The van der Waals surface area contributed by atoms with Crippen molar-refractivity contribution in [3.63, 3.8) is 0 Å². The van der Waals surface area contributed by atoms with Crippen molar-refractivity contribution in [3.05, 3.63) is 36.0 Å². The predicted octanol–water partition coefficient (Wildman–Crippen LogP) is 1.85. The monoisotopic (exact) mass is 259 g/mol. The van der Waals surface area contributed by atoms with Gasteiger partial charge in [0.2, 0.25) is 5.95 Å². The largest absolute Gasteiger partial charge is 0.497 e. The third-order valence-electron chi connectivity index (χ3n) is 2.83. The van der Waals surface area contributed by atoms with E-state index in [1.54, 1.807) is 13.3 Å². The number of nitrogens with two attached hydrogens (primary N) is 1. The third kappa shape index (κ3) is 2.74. The van der Waals surface area contributed by atoms with E-state index in [1.807, 2.05) is 43.1 Å². The van der Waals surface area contributed by atoms with E-state index in [9.17, 15) is 0 Å². The molecule has 0 fully saturated rings. The van der Waals surface area contributed by atoms with Crippen LogP contribution in [0.3, 0.4) is 0 Å². The minimum absolute atomic E-state index is 0.385. The Morgan fingerprint density at radius 2 is 2.16 bits per heavy atom. The van der Waals surface area contributed by atoms with Gasteiger partial charge in [-0.2, -0.15) is 4.98 Å². The molecule has 3 N–H and O–H groups in total. The molecule has 0 spiro atoms. The normalized spacial score (nSPS) is 10.1. The molecule has 100 valence electrons. The van der Waals surface area contributed by atoms with E-state index in [2.05, 4.69) is 15.4 Å². The van der Waals surface area contributed by atoms with Crippen molar-refractivity contribution in [1.82, 2.24) is 9.97 Å². The second kappa shape index (κ2) is 5.53. The number of anilines is 3. The highest BCUT2D eigenvalue weighted by Crippen LogP contribution is 2.27. The molecule has 0 atom stereocenters. The summed E-state index contributed by atoms with van der Waals surface area (Å²) in [6, 6.07) is 7.76. The molecule has 2 rings (SSSR count). The highest BCUT2D eigenvalue weighted by Gasteiger charge is 2.11. The van der Waals surface area contributed by atoms with Gasteiger partial charge in [0.1, 0.15) is 11.6 Å². The fourth-order valence-corrected chi connectivity index (χ4v) is 1.78. The van der Waals surface area contributed by atoms with E-state index >= 15 is 0 Å². The topological polar surface area (TPSA) is 76.3 Å². The number of hydrogen-bond donors (Lipinski definition) is 2. The highest BCUT2D eigenvalue weighted by atomic mass is 16.5. The molecule has 1 aromatic heterocycles. The number of nitrogen functional groups attached to an aromatic ring is 1. The molecule has 19 heavy (non-hydrogen) atoms. The summed E-state index contributed by atoms with van der Waals surface area (Å²) in [5, 5.41) is 0. The molecule has 0 bridgehead atoms. The van der Waals surface area contributed by atoms with Gasteiger partial charge in [-0.3, -0.25) is 5.43 Å². The number of methoxy groups -OCH3 is 1. The van der Waals surface area contributed by atoms with E-state index in [1.165, 1.54) is 0 Å². The van der Waals surface area contributed by atoms with Gasteiger partial charge in [-0.1, -0.05) is 6.07 Å². The zero-order chi connectivity index (χ0) is 13.8. The Hall–Kier alpha value is -2.34. The number of ether oxygens (including phenoxy) is 1. The van der Waals surface area contributed by atoms with Crippen molar-refractivity contribution in [2.24, 2.45) is 5.84 Å². The van der Waals surface area contributed by atoms with Crippen LogP contribution in [0.5, 0.6) is 5.75 Å². The van der Waals surface area contributed by atoms with Crippen molar-refractivity contribution >= 4 is 17.5 Å². The Morgan fingerprint density at radius 3 is 2.84 bits per heavy atom. The average molecular weight is 259 g/mol. The maximum absolute atomic E-state index is 5.34. The van der Waals surface area contributed by atoms with Gasteiger partial charge in [0.15, 0.2) is 0 Å². The first-order chi connectivity index (χ1) is 9.15. The molecule has 0 saturated carbocycles. The van der Waals surface area contributed by atoms with Gasteiger partial charge in [0.25, 0.3) is 0 Å². The summed E-state index contributed by atoms with van der Waals surface area (Å²) in [4.78, 5) is 10.4. The number of aryl methyl sites for hydroxylation is 1. The first kappa shape index (κ1) is 13.1. The first-order valence-electron chi connectivity index (χ1n) is 5.83. The second-order valence-corrected chi connectivity index (χ2v) is 4.11. The lowest BCUT2D eigenvalue weighted by atomic mass is 10.2. The standard InChI is InChI=1S/C13H17N5O/c1-9-8-15-13(17-14)16-12(9)18(2)10-5-4-6-11(7-10)19-3/h4-8H,14H2,1-3H3,(H,15,16,17). The fraction of sp³-hybridized carbons (Fsp3) is 0.231. The minimum Gasteiger partial charge on any atom is -0.497 e. The lowest BCUT2D eigenvalue weighted by molar-refractivity contribution is 0.415. The summed E-state index contributed by atoms with van der Waals surface area (Å²) in [6.07, 6.45) is 1.73. The van der Waals surface area contributed by atoms with Gasteiger partial charge in [-0.15, -0.1) is 0 Å². The molecule has 0 aliphatic heterocycles. The minimum atomic E-state index is 0.385. The van der Waals surface area contributed by atoms with Gasteiger partial charge in [0, 0.05) is 30.6 Å². The zero-order valence-corrected chi connectivity index (χ0v) is 11.2. The summed E-state index contributed by atoms with van der Waals surface area (Å²) in [6.45, 7) is 1.95. The summed E-state index contributed by atoms with van der Waals surface area (Å²) in [5.74, 6) is 7.31. The van der Waals surface area contributed by atoms with Crippen LogP contribution in [0.2, 0.25) is 0 Å². The number of benzene rings is 1. The van der Waals surface area contributed by atoms with Crippen molar-refractivity contribution in [2.45, 2.75) is 6.92 Å². The molecule has 0 amide bonds. The van der Waals surface area contributed by atoms with E-state index in [4.69, 9.17) is 10.6 Å². The SMILES string of the molecule is COc1cccc(N(C)c2nc(NN)ncc2C)c1. The Balaban J connectivity index is 2.39. The van der Waals surface area contributed by atoms with Crippen molar-refractivity contribution in [3.8, 4) is 5.75 Å². The van der Waals surface area contributed by atoms with Gasteiger partial charge in [0.05, 0.1) is 7.11 Å².